The zero-order valence-electron chi connectivity index (χ0n) is 13.6. The van der Waals surface area contributed by atoms with E-state index in [0.29, 0.717) is 5.91 Å². The maximum Gasteiger partial charge on any atom is 0.229 e. The van der Waals surface area contributed by atoms with Gasteiger partial charge in [-0.25, -0.2) is 4.98 Å². The molecule has 1 aromatic rings. The molecule has 2 aliphatic heterocycles. The molecular weight excluding hydrogens is 296 g/mol. The molecule has 122 valence electrons. The highest BCUT2D eigenvalue weighted by Gasteiger charge is 2.38. The van der Waals surface area contributed by atoms with Crippen LogP contribution in [0.4, 0.5) is 0 Å². The Morgan fingerprint density at radius 2 is 2.18 bits per heavy atom. The van der Waals surface area contributed by atoms with E-state index in [1.165, 1.54) is 0 Å². The second kappa shape index (κ2) is 6.64. The minimum atomic E-state index is -0.202. The number of thiazole rings is 1. The summed E-state index contributed by atoms with van der Waals surface area (Å²) in [5.41, 5.74) is 0.956. The highest BCUT2D eigenvalue weighted by atomic mass is 32.1. The first kappa shape index (κ1) is 15.9. The van der Waals surface area contributed by atoms with E-state index in [1.54, 1.807) is 11.3 Å². The molecule has 2 fully saturated rings. The van der Waals surface area contributed by atoms with Crippen LogP contribution in [0.15, 0.2) is 5.38 Å². The number of hydrogen-bond donors (Lipinski definition) is 1. The van der Waals surface area contributed by atoms with Crippen LogP contribution in [0.25, 0.3) is 0 Å². The van der Waals surface area contributed by atoms with E-state index in [0.717, 1.165) is 69.4 Å². The van der Waals surface area contributed by atoms with Crippen LogP contribution >= 0.6 is 11.3 Å². The molecule has 2 aliphatic rings. The second-order valence-electron chi connectivity index (χ2n) is 6.77. The fourth-order valence-electron chi connectivity index (χ4n) is 3.44. The van der Waals surface area contributed by atoms with Crippen molar-refractivity contribution in [3.8, 4) is 0 Å². The van der Waals surface area contributed by atoms with Crippen molar-refractivity contribution in [3.05, 3.63) is 16.1 Å². The molecule has 6 heteroatoms. The van der Waals surface area contributed by atoms with Gasteiger partial charge in [0, 0.05) is 44.6 Å². The minimum absolute atomic E-state index is 0.202. The molecule has 1 aromatic heterocycles. The second-order valence-corrected chi connectivity index (χ2v) is 7.83. The van der Waals surface area contributed by atoms with E-state index in [2.05, 4.69) is 32.4 Å². The fraction of sp³-hybridized carbons (Fsp3) is 0.750. The first-order valence-electron chi connectivity index (χ1n) is 8.20. The van der Waals surface area contributed by atoms with Crippen molar-refractivity contribution >= 4 is 17.2 Å². The molecule has 5 nitrogen and oxygen atoms in total. The summed E-state index contributed by atoms with van der Waals surface area (Å²) in [7, 11) is 0. The third-order valence-corrected chi connectivity index (χ3v) is 5.65. The van der Waals surface area contributed by atoms with Gasteiger partial charge in [-0.1, -0.05) is 0 Å². The van der Waals surface area contributed by atoms with Crippen LogP contribution in [0.1, 0.15) is 30.5 Å². The normalized spacial score (nSPS) is 27.1. The molecule has 3 heterocycles. The number of carbonyl (C=O) groups excluding carboxylic acids is 1. The largest absolute Gasteiger partial charge is 0.340 e. The maximum absolute atomic E-state index is 12.8. The lowest BCUT2D eigenvalue weighted by atomic mass is 9.81. The zero-order chi connectivity index (χ0) is 15.6. The molecule has 0 radical (unpaired) electrons. The van der Waals surface area contributed by atoms with Gasteiger partial charge in [-0.15, -0.1) is 11.3 Å². The van der Waals surface area contributed by atoms with Crippen molar-refractivity contribution in [3.63, 3.8) is 0 Å². The van der Waals surface area contributed by atoms with Gasteiger partial charge in [0.1, 0.15) is 0 Å². The number of rotatable bonds is 3. The summed E-state index contributed by atoms with van der Waals surface area (Å²) < 4.78 is 0. The van der Waals surface area contributed by atoms with Crippen LogP contribution in [0, 0.1) is 12.3 Å². The number of amides is 1. The van der Waals surface area contributed by atoms with E-state index in [-0.39, 0.29) is 5.41 Å². The summed E-state index contributed by atoms with van der Waals surface area (Å²) in [4.78, 5) is 21.8. The molecule has 0 aromatic carbocycles. The van der Waals surface area contributed by atoms with Gasteiger partial charge in [0.25, 0.3) is 0 Å². The first-order valence-corrected chi connectivity index (χ1v) is 9.08. The van der Waals surface area contributed by atoms with Crippen LogP contribution in [0.3, 0.4) is 0 Å². The van der Waals surface area contributed by atoms with Gasteiger partial charge >= 0.3 is 0 Å². The smallest absolute Gasteiger partial charge is 0.229 e. The Morgan fingerprint density at radius 3 is 2.77 bits per heavy atom. The Kier molecular flexibility index (Phi) is 4.80. The van der Waals surface area contributed by atoms with Crippen LogP contribution in [-0.4, -0.2) is 60.0 Å². The van der Waals surface area contributed by atoms with Crippen molar-refractivity contribution < 1.29 is 4.79 Å². The molecule has 1 unspecified atom stereocenters. The Balaban J connectivity index is 1.51. The quantitative estimate of drug-likeness (QED) is 0.916. The summed E-state index contributed by atoms with van der Waals surface area (Å²) in [6.07, 6.45) is 2.11. The summed E-state index contributed by atoms with van der Waals surface area (Å²) in [6, 6.07) is 0. The molecule has 0 aliphatic carbocycles. The fourth-order valence-corrected chi connectivity index (χ4v) is 4.04. The van der Waals surface area contributed by atoms with Gasteiger partial charge in [0.2, 0.25) is 5.91 Å². The topological polar surface area (TPSA) is 48.5 Å². The van der Waals surface area contributed by atoms with E-state index < -0.39 is 0 Å². The van der Waals surface area contributed by atoms with Crippen LogP contribution < -0.4 is 5.32 Å². The van der Waals surface area contributed by atoms with Gasteiger partial charge < -0.3 is 10.2 Å². The molecule has 0 spiro atoms. The average Bonchev–Trinajstić information content (AvgIpc) is 2.93. The third-order valence-electron chi connectivity index (χ3n) is 4.83. The summed E-state index contributed by atoms with van der Waals surface area (Å²) in [5.74, 6) is 0.337. The highest BCUT2D eigenvalue weighted by molar-refractivity contribution is 7.09. The van der Waals surface area contributed by atoms with E-state index in [9.17, 15) is 4.79 Å². The van der Waals surface area contributed by atoms with Crippen molar-refractivity contribution in [2.24, 2.45) is 5.41 Å². The van der Waals surface area contributed by atoms with E-state index >= 15 is 0 Å². The van der Waals surface area contributed by atoms with Crippen LogP contribution in [0.2, 0.25) is 0 Å². The maximum atomic E-state index is 12.8. The lowest BCUT2D eigenvalue weighted by Gasteiger charge is -2.41. The molecule has 1 atom stereocenters. The summed E-state index contributed by atoms with van der Waals surface area (Å²) in [5, 5.41) is 6.64. The predicted octanol–water partition coefficient (Wildman–Crippen LogP) is 1.49. The Labute approximate surface area is 136 Å². The lowest BCUT2D eigenvalue weighted by Crippen LogP contribution is -2.55. The molecule has 1 N–H and O–H groups in total. The number of hydrogen-bond acceptors (Lipinski definition) is 5. The van der Waals surface area contributed by atoms with Crippen LogP contribution in [-0.2, 0) is 11.3 Å². The minimum Gasteiger partial charge on any atom is -0.340 e. The Hall–Kier alpha value is -0.980. The molecule has 0 saturated carbocycles. The van der Waals surface area contributed by atoms with Crippen molar-refractivity contribution in [2.75, 3.05) is 39.3 Å². The van der Waals surface area contributed by atoms with Gasteiger partial charge in [-0.2, -0.15) is 0 Å². The van der Waals surface area contributed by atoms with Crippen molar-refractivity contribution in [1.29, 1.82) is 0 Å². The average molecular weight is 322 g/mol. The molecule has 3 rings (SSSR count). The Morgan fingerprint density at radius 1 is 1.41 bits per heavy atom. The van der Waals surface area contributed by atoms with E-state index in [4.69, 9.17) is 0 Å². The first-order chi connectivity index (χ1) is 10.6. The number of piperidine rings is 1. The number of aromatic nitrogens is 1. The molecule has 2 saturated heterocycles. The molecule has 1 amide bonds. The van der Waals surface area contributed by atoms with Gasteiger partial charge in [-0.05, 0) is 33.2 Å². The zero-order valence-corrected chi connectivity index (χ0v) is 14.4. The van der Waals surface area contributed by atoms with Crippen LogP contribution in [0.5, 0.6) is 0 Å². The van der Waals surface area contributed by atoms with Gasteiger partial charge in [-0.3, -0.25) is 9.69 Å². The number of aryl methyl sites for hydroxylation is 1. The number of nitrogens with one attached hydrogen (secondary N) is 1. The monoisotopic (exact) mass is 322 g/mol. The van der Waals surface area contributed by atoms with Crippen molar-refractivity contribution in [1.82, 2.24) is 20.1 Å². The van der Waals surface area contributed by atoms with Crippen molar-refractivity contribution in [2.45, 2.75) is 33.2 Å². The number of carbonyl (C=O) groups is 1. The number of piperazine rings is 1. The highest BCUT2D eigenvalue weighted by Crippen LogP contribution is 2.28. The number of nitrogens with zero attached hydrogens (tertiary/aromatic N) is 3. The summed E-state index contributed by atoms with van der Waals surface area (Å²) in [6.45, 7) is 10.5. The van der Waals surface area contributed by atoms with Gasteiger partial charge in [0.15, 0.2) is 0 Å². The predicted molar refractivity (Wildman–Crippen MR) is 88.9 cm³/mol. The van der Waals surface area contributed by atoms with Gasteiger partial charge in [0.05, 0.1) is 16.1 Å². The molecular formula is C16H26N4OS. The lowest BCUT2D eigenvalue weighted by molar-refractivity contribution is -0.144. The standard InChI is InChI=1S/C16H26N4OS/c1-13-18-14(11-22-13)10-19-6-8-20(9-7-19)15(21)16(2)4-3-5-17-12-16/h11,17H,3-10,12H2,1-2H3. The third kappa shape index (κ3) is 3.50. The van der Waals surface area contributed by atoms with E-state index in [1.807, 2.05) is 6.92 Å². The molecule has 22 heavy (non-hydrogen) atoms. The Bertz CT molecular complexity index is 516. The summed E-state index contributed by atoms with van der Waals surface area (Å²) >= 11 is 1.71. The SMILES string of the molecule is Cc1nc(CN2CCN(C(=O)C3(C)CCCNC3)CC2)cs1. The molecule has 0 bridgehead atoms.